The van der Waals surface area contributed by atoms with Gasteiger partial charge in [0.25, 0.3) is 0 Å². The van der Waals surface area contributed by atoms with E-state index in [-0.39, 0.29) is 18.1 Å². The monoisotopic (exact) mass is 248 g/mol. The zero-order valence-electron chi connectivity index (χ0n) is 9.75. The molecule has 0 unspecified atom stereocenters. The summed E-state index contributed by atoms with van der Waals surface area (Å²) in [4.78, 5) is 27.2. The lowest BCUT2D eigenvalue weighted by molar-refractivity contribution is 0.0690. The molecule has 1 rings (SSSR count). The highest BCUT2D eigenvalue weighted by atomic mass is 16.4. The van der Waals surface area contributed by atoms with Crippen LogP contribution in [0.15, 0.2) is 18.3 Å². The van der Waals surface area contributed by atoms with E-state index in [1.165, 1.54) is 23.2 Å². The van der Waals surface area contributed by atoms with Crippen LogP contribution < -0.4 is 5.32 Å². The summed E-state index contributed by atoms with van der Waals surface area (Å²) >= 11 is 0. The second-order valence-corrected chi connectivity index (χ2v) is 3.50. The van der Waals surface area contributed by atoms with E-state index in [0.717, 1.165) is 0 Å². The Morgan fingerprint density at radius 2 is 2.28 bits per heavy atom. The molecule has 0 saturated carbocycles. The molecule has 2 amide bonds. The Kier molecular flexibility index (Phi) is 4.63. The van der Waals surface area contributed by atoms with Gasteiger partial charge in [0.2, 0.25) is 0 Å². The molecule has 94 valence electrons. The molecule has 0 aliphatic carbocycles. The normalized spacial score (nSPS) is 9.33. The lowest BCUT2D eigenvalue weighted by atomic mass is 10.3. The molecular weight excluding hydrogens is 236 g/mol. The molecule has 7 nitrogen and oxygen atoms in total. The van der Waals surface area contributed by atoms with Crippen LogP contribution in [0.3, 0.4) is 0 Å². The van der Waals surface area contributed by atoms with Gasteiger partial charge in [-0.1, -0.05) is 0 Å². The first kappa shape index (κ1) is 13.4. The van der Waals surface area contributed by atoms with Crippen LogP contribution in [-0.4, -0.2) is 40.6 Å². The van der Waals surface area contributed by atoms with Gasteiger partial charge in [0.05, 0.1) is 24.4 Å². The van der Waals surface area contributed by atoms with Gasteiger partial charge in [-0.3, -0.25) is 0 Å². The number of nitrogens with one attached hydrogen (secondary N) is 1. The average Bonchev–Trinajstić information content (AvgIpc) is 2.36. The summed E-state index contributed by atoms with van der Waals surface area (Å²) in [6, 6.07) is 4.31. The van der Waals surface area contributed by atoms with Crippen molar-refractivity contribution in [3.8, 4) is 6.07 Å². The Morgan fingerprint density at radius 3 is 2.78 bits per heavy atom. The number of aromatic nitrogens is 1. The van der Waals surface area contributed by atoms with E-state index < -0.39 is 5.97 Å². The fraction of sp³-hybridized carbons (Fsp3) is 0.273. The summed E-state index contributed by atoms with van der Waals surface area (Å²) in [6.07, 6.45) is 1.51. The van der Waals surface area contributed by atoms with Gasteiger partial charge in [0, 0.05) is 13.6 Å². The molecule has 18 heavy (non-hydrogen) atoms. The number of carboxylic acids is 1. The quantitative estimate of drug-likeness (QED) is 0.831. The molecular formula is C11H12N4O3. The highest BCUT2D eigenvalue weighted by Crippen LogP contribution is 2.07. The minimum absolute atomic E-state index is 0.0918. The predicted octanol–water partition coefficient (Wildman–Crippen LogP) is 1.16. The van der Waals surface area contributed by atoms with Crippen molar-refractivity contribution >= 4 is 17.7 Å². The smallest absolute Gasteiger partial charge is 0.354 e. The lowest BCUT2D eigenvalue weighted by Gasteiger charge is -2.16. The van der Waals surface area contributed by atoms with Gasteiger partial charge in [0.1, 0.15) is 5.69 Å². The number of carboxylic acid groups (broad SMARTS) is 1. The highest BCUT2D eigenvalue weighted by molar-refractivity contribution is 5.90. The number of pyridine rings is 1. The minimum atomic E-state index is -1.13. The third-order valence-corrected chi connectivity index (χ3v) is 2.14. The van der Waals surface area contributed by atoms with Gasteiger partial charge in [-0.25, -0.2) is 14.6 Å². The number of hydrogen-bond donors (Lipinski definition) is 2. The molecule has 0 spiro atoms. The summed E-state index contributed by atoms with van der Waals surface area (Å²) in [6.45, 7) is 0.322. The zero-order valence-corrected chi connectivity index (χ0v) is 9.75. The van der Waals surface area contributed by atoms with Gasteiger partial charge in [-0.05, 0) is 12.1 Å². The third-order valence-electron chi connectivity index (χ3n) is 2.14. The van der Waals surface area contributed by atoms with E-state index in [4.69, 9.17) is 10.4 Å². The molecule has 1 aromatic heterocycles. The second-order valence-electron chi connectivity index (χ2n) is 3.50. The summed E-state index contributed by atoms with van der Waals surface area (Å²) in [5, 5.41) is 19.6. The molecule has 0 atom stereocenters. The lowest BCUT2D eigenvalue weighted by Crippen LogP contribution is -2.32. The van der Waals surface area contributed by atoms with E-state index in [1.807, 2.05) is 6.07 Å². The molecule has 0 aromatic carbocycles. The Labute approximate surface area is 104 Å². The van der Waals surface area contributed by atoms with Crippen LogP contribution >= 0.6 is 0 Å². The largest absolute Gasteiger partial charge is 0.477 e. The molecule has 1 heterocycles. The maximum atomic E-state index is 11.6. The maximum Gasteiger partial charge on any atom is 0.354 e. The number of carbonyl (C=O) groups is 2. The average molecular weight is 248 g/mol. The third kappa shape index (κ3) is 3.75. The van der Waals surface area contributed by atoms with E-state index in [2.05, 4.69) is 10.3 Å². The number of anilines is 1. The fourth-order valence-corrected chi connectivity index (χ4v) is 1.13. The molecule has 0 fully saturated rings. The van der Waals surface area contributed by atoms with Gasteiger partial charge in [-0.15, -0.1) is 0 Å². The number of aromatic carboxylic acids is 1. The minimum Gasteiger partial charge on any atom is -0.477 e. The van der Waals surface area contributed by atoms with E-state index in [0.29, 0.717) is 12.2 Å². The topological polar surface area (TPSA) is 106 Å². The number of urea groups is 1. The highest BCUT2D eigenvalue weighted by Gasteiger charge is 2.09. The standard InChI is InChI=1S/C11H12N4O3/c1-15(6-2-5-12)11(18)14-8-3-4-9(10(16)17)13-7-8/h3-4,7H,2,6H2,1H3,(H,14,18)(H,16,17). The van der Waals surface area contributed by atoms with Crippen molar-refractivity contribution in [1.82, 2.24) is 9.88 Å². The number of carbonyl (C=O) groups excluding carboxylic acids is 1. The number of amides is 2. The van der Waals surface area contributed by atoms with Crippen molar-refractivity contribution in [1.29, 1.82) is 5.26 Å². The second kappa shape index (κ2) is 6.20. The van der Waals surface area contributed by atoms with Crippen molar-refractivity contribution in [3.63, 3.8) is 0 Å². The van der Waals surface area contributed by atoms with Crippen LogP contribution in [0.25, 0.3) is 0 Å². The first-order valence-corrected chi connectivity index (χ1v) is 5.13. The molecule has 0 aliphatic heterocycles. The van der Waals surface area contributed by atoms with Crippen molar-refractivity contribution in [3.05, 3.63) is 24.0 Å². The van der Waals surface area contributed by atoms with Crippen LogP contribution in [0.2, 0.25) is 0 Å². The maximum absolute atomic E-state index is 11.6. The molecule has 2 N–H and O–H groups in total. The van der Waals surface area contributed by atoms with E-state index in [9.17, 15) is 9.59 Å². The van der Waals surface area contributed by atoms with Crippen LogP contribution in [0, 0.1) is 11.3 Å². The number of rotatable bonds is 4. The van der Waals surface area contributed by atoms with Crippen molar-refractivity contribution in [2.45, 2.75) is 6.42 Å². The Balaban J connectivity index is 2.59. The number of nitriles is 1. The molecule has 0 bridgehead atoms. The van der Waals surface area contributed by atoms with Gasteiger partial charge >= 0.3 is 12.0 Å². The Morgan fingerprint density at radius 1 is 1.56 bits per heavy atom. The summed E-state index contributed by atoms with van der Waals surface area (Å²) < 4.78 is 0. The fourth-order valence-electron chi connectivity index (χ4n) is 1.13. The van der Waals surface area contributed by atoms with Gasteiger partial charge < -0.3 is 15.3 Å². The molecule has 0 radical (unpaired) electrons. The number of hydrogen-bond acceptors (Lipinski definition) is 4. The zero-order chi connectivity index (χ0) is 13.5. The Bertz CT molecular complexity index is 478. The summed E-state index contributed by atoms with van der Waals surface area (Å²) in [7, 11) is 1.56. The van der Waals surface area contributed by atoms with E-state index >= 15 is 0 Å². The van der Waals surface area contributed by atoms with Crippen LogP contribution in [0.1, 0.15) is 16.9 Å². The van der Waals surface area contributed by atoms with Gasteiger partial charge in [-0.2, -0.15) is 5.26 Å². The predicted molar refractivity (Wildman–Crippen MR) is 63.1 cm³/mol. The van der Waals surface area contributed by atoms with Crippen molar-refractivity contribution in [2.24, 2.45) is 0 Å². The summed E-state index contributed by atoms with van der Waals surface area (Å²) in [5.41, 5.74) is 0.305. The molecule has 0 saturated heterocycles. The van der Waals surface area contributed by atoms with Crippen LogP contribution in [-0.2, 0) is 0 Å². The summed E-state index contributed by atoms with van der Waals surface area (Å²) in [5.74, 6) is -1.13. The number of nitrogens with zero attached hydrogens (tertiary/aromatic N) is 3. The van der Waals surface area contributed by atoms with Crippen molar-refractivity contribution < 1.29 is 14.7 Å². The van der Waals surface area contributed by atoms with Crippen LogP contribution in [0.5, 0.6) is 0 Å². The molecule has 1 aromatic rings. The molecule has 7 heteroatoms. The first-order chi connectivity index (χ1) is 8.54. The SMILES string of the molecule is CN(CCC#N)C(=O)Nc1ccc(C(=O)O)nc1. The Hall–Kier alpha value is -2.62. The first-order valence-electron chi connectivity index (χ1n) is 5.13. The van der Waals surface area contributed by atoms with Crippen LogP contribution in [0.4, 0.5) is 10.5 Å². The molecule has 0 aliphatic rings. The van der Waals surface area contributed by atoms with Crippen molar-refractivity contribution in [2.75, 3.05) is 18.9 Å². The van der Waals surface area contributed by atoms with Gasteiger partial charge in [0.15, 0.2) is 0 Å². The van der Waals surface area contributed by atoms with E-state index in [1.54, 1.807) is 7.05 Å².